The standard InChI is InChI=1S/C23H22N4O3S/c1-14-11-18(30-13-16-5-3-4-10-25-16)27-23-19(14)20(24)21(31-23)22(28)26-12-15-6-8-17(29-2)9-7-15/h3-11H,12-13,24H2,1-2H3,(H,26,28). The van der Waals surface area contributed by atoms with Gasteiger partial charge < -0.3 is 20.5 Å². The Kier molecular flexibility index (Phi) is 5.99. The number of nitrogens with zero attached hydrogens (tertiary/aromatic N) is 2. The second-order valence-corrected chi connectivity index (χ2v) is 7.94. The molecular weight excluding hydrogens is 412 g/mol. The lowest BCUT2D eigenvalue weighted by Crippen LogP contribution is -2.22. The molecule has 4 aromatic rings. The average Bonchev–Trinajstić information content (AvgIpc) is 3.14. The van der Waals surface area contributed by atoms with Gasteiger partial charge in [0.1, 0.15) is 22.1 Å². The molecule has 0 atom stereocenters. The molecule has 0 bridgehead atoms. The van der Waals surface area contributed by atoms with Crippen LogP contribution in [0.4, 0.5) is 5.69 Å². The van der Waals surface area contributed by atoms with E-state index >= 15 is 0 Å². The molecule has 1 amide bonds. The third-order valence-corrected chi connectivity index (χ3v) is 5.88. The van der Waals surface area contributed by atoms with Crippen LogP contribution in [0.25, 0.3) is 10.2 Å². The van der Waals surface area contributed by atoms with Crippen molar-refractivity contribution in [2.75, 3.05) is 12.8 Å². The summed E-state index contributed by atoms with van der Waals surface area (Å²) < 4.78 is 11.0. The number of ether oxygens (including phenoxy) is 2. The van der Waals surface area contributed by atoms with E-state index in [4.69, 9.17) is 15.2 Å². The van der Waals surface area contributed by atoms with Gasteiger partial charge in [-0.2, -0.15) is 0 Å². The molecule has 3 heterocycles. The van der Waals surface area contributed by atoms with E-state index in [2.05, 4.69) is 15.3 Å². The average molecular weight is 435 g/mol. The summed E-state index contributed by atoms with van der Waals surface area (Å²) in [5.74, 6) is 1.01. The molecule has 0 aliphatic carbocycles. The van der Waals surface area contributed by atoms with Crippen LogP contribution in [0.15, 0.2) is 54.7 Å². The molecule has 0 saturated carbocycles. The van der Waals surface area contributed by atoms with Crippen molar-refractivity contribution in [2.45, 2.75) is 20.1 Å². The summed E-state index contributed by atoms with van der Waals surface area (Å²) in [7, 11) is 1.62. The van der Waals surface area contributed by atoms with Crippen molar-refractivity contribution in [3.05, 3.63) is 76.4 Å². The maximum absolute atomic E-state index is 12.8. The van der Waals surface area contributed by atoms with E-state index in [-0.39, 0.29) is 5.91 Å². The number of pyridine rings is 2. The van der Waals surface area contributed by atoms with Crippen LogP contribution in [0.2, 0.25) is 0 Å². The Morgan fingerprint density at radius 3 is 2.71 bits per heavy atom. The number of hydrogen-bond acceptors (Lipinski definition) is 7. The van der Waals surface area contributed by atoms with Crippen molar-refractivity contribution in [2.24, 2.45) is 0 Å². The topological polar surface area (TPSA) is 99.4 Å². The Morgan fingerprint density at radius 2 is 2.00 bits per heavy atom. The molecule has 0 aliphatic heterocycles. The number of thiophene rings is 1. The van der Waals surface area contributed by atoms with Crippen molar-refractivity contribution < 1.29 is 14.3 Å². The van der Waals surface area contributed by atoms with Gasteiger partial charge >= 0.3 is 0 Å². The van der Waals surface area contributed by atoms with E-state index in [9.17, 15) is 4.79 Å². The molecule has 0 spiro atoms. The molecule has 3 N–H and O–H groups in total. The molecular formula is C23H22N4O3S. The molecule has 0 radical (unpaired) electrons. The molecule has 8 heteroatoms. The number of anilines is 1. The maximum Gasteiger partial charge on any atom is 0.263 e. The number of carbonyl (C=O) groups is 1. The number of nitrogens with two attached hydrogens (primary N) is 1. The Hall–Kier alpha value is -3.65. The lowest BCUT2D eigenvalue weighted by molar-refractivity contribution is 0.0956. The second-order valence-electron chi connectivity index (χ2n) is 6.94. The number of benzene rings is 1. The number of nitrogen functional groups attached to an aromatic ring is 1. The minimum absolute atomic E-state index is 0.230. The minimum Gasteiger partial charge on any atom is -0.497 e. The maximum atomic E-state index is 12.8. The highest BCUT2D eigenvalue weighted by Crippen LogP contribution is 2.36. The largest absolute Gasteiger partial charge is 0.497 e. The fourth-order valence-electron chi connectivity index (χ4n) is 3.16. The van der Waals surface area contributed by atoms with Gasteiger partial charge in [-0.15, -0.1) is 11.3 Å². The number of methoxy groups -OCH3 is 1. The lowest BCUT2D eigenvalue weighted by atomic mass is 10.1. The Balaban J connectivity index is 1.50. The van der Waals surface area contributed by atoms with Gasteiger partial charge in [0.15, 0.2) is 0 Å². The van der Waals surface area contributed by atoms with Crippen LogP contribution in [-0.2, 0) is 13.2 Å². The second kappa shape index (κ2) is 9.01. The predicted molar refractivity (Wildman–Crippen MR) is 122 cm³/mol. The lowest BCUT2D eigenvalue weighted by Gasteiger charge is -2.07. The number of carbonyl (C=O) groups excluding carboxylic acids is 1. The minimum atomic E-state index is -0.230. The molecule has 1 aromatic carbocycles. The molecule has 31 heavy (non-hydrogen) atoms. The summed E-state index contributed by atoms with van der Waals surface area (Å²) in [5.41, 5.74) is 9.43. The molecule has 158 valence electrons. The summed E-state index contributed by atoms with van der Waals surface area (Å²) in [5, 5.41) is 3.70. The fourth-order valence-corrected chi connectivity index (χ4v) is 4.24. The summed E-state index contributed by atoms with van der Waals surface area (Å²) in [6.45, 7) is 2.63. The van der Waals surface area contributed by atoms with E-state index in [1.165, 1.54) is 11.3 Å². The van der Waals surface area contributed by atoms with Crippen LogP contribution >= 0.6 is 11.3 Å². The first-order valence-corrected chi connectivity index (χ1v) is 10.5. The van der Waals surface area contributed by atoms with E-state index in [1.807, 2.05) is 55.5 Å². The number of rotatable bonds is 7. The van der Waals surface area contributed by atoms with Gasteiger partial charge in [-0.25, -0.2) is 4.98 Å². The first-order valence-electron chi connectivity index (χ1n) is 9.68. The van der Waals surface area contributed by atoms with Crippen molar-refractivity contribution in [3.63, 3.8) is 0 Å². The fraction of sp³-hybridized carbons (Fsp3) is 0.174. The summed E-state index contributed by atoms with van der Waals surface area (Å²) >= 11 is 1.26. The van der Waals surface area contributed by atoms with Crippen molar-refractivity contribution in [3.8, 4) is 11.6 Å². The number of aryl methyl sites for hydroxylation is 1. The zero-order valence-corrected chi connectivity index (χ0v) is 18.0. The predicted octanol–water partition coefficient (Wildman–Crippen LogP) is 4.10. The van der Waals surface area contributed by atoms with Crippen LogP contribution < -0.4 is 20.5 Å². The number of aromatic nitrogens is 2. The molecule has 4 rings (SSSR count). The van der Waals surface area contributed by atoms with Crippen LogP contribution in [0.1, 0.15) is 26.5 Å². The smallest absolute Gasteiger partial charge is 0.263 e. The van der Waals surface area contributed by atoms with Gasteiger partial charge in [0, 0.05) is 24.2 Å². The zero-order valence-electron chi connectivity index (χ0n) is 17.2. The molecule has 3 aromatic heterocycles. The van der Waals surface area contributed by atoms with Crippen molar-refractivity contribution in [1.82, 2.24) is 15.3 Å². The number of amides is 1. The van der Waals surface area contributed by atoms with Gasteiger partial charge in [0.05, 0.1) is 18.5 Å². The van der Waals surface area contributed by atoms with Gasteiger partial charge in [-0.05, 0) is 42.3 Å². The van der Waals surface area contributed by atoms with Crippen molar-refractivity contribution >= 4 is 33.1 Å². The number of nitrogens with one attached hydrogen (secondary N) is 1. The normalized spacial score (nSPS) is 10.8. The van der Waals surface area contributed by atoms with Gasteiger partial charge in [-0.3, -0.25) is 9.78 Å². The highest BCUT2D eigenvalue weighted by molar-refractivity contribution is 7.21. The Morgan fingerprint density at radius 1 is 1.19 bits per heavy atom. The third-order valence-electron chi connectivity index (χ3n) is 4.79. The van der Waals surface area contributed by atoms with Gasteiger partial charge in [0.25, 0.3) is 5.91 Å². The molecule has 0 fully saturated rings. The van der Waals surface area contributed by atoms with Crippen LogP contribution in [0.3, 0.4) is 0 Å². The summed E-state index contributed by atoms with van der Waals surface area (Å²) in [6.07, 6.45) is 1.72. The highest BCUT2D eigenvalue weighted by atomic mass is 32.1. The SMILES string of the molecule is COc1ccc(CNC(=O)c2sc3nc(OCc4ccccn4)cc(C)c3c2N)cc1. The van der Waals surface area contributed by atoms with E-state index < -0.39 is 0 Å². The van der Waals surface area contributed by atoms with Gasteiger partial charge in [-0.1, -0.05) is 18.2 Å². The van der Waals surface area contributed by atoms with E-state index in [0.717, 1.165) is 28.0 Å². The summed E-state index contributed by atoms with van der Waals surface area (Å²) in [6, 6.07) is 15.0. The molecule has 0 aliphatic rings. The third kappa shape index (κ3) is 4.59. The van der Waals surface area contributed by atoms with E-state index in [0.29, 0.717) is 34.4 Å². The number of fused-ring (bicyclic) bond motifs is 1. The van der Waals surface area contributed by atoms with Crippen molar-refractivity contribution in [1.29, 1.82) is 0 Å². The van der Waals surface area contributed by atoms with Crippen LogP contribution in [-0.4, -0.2) is 23.0 Å². The zero-order chi connectivity index (χ0) is 21.8. The van der Waals surface area contributed by atoms with Gasteiger partial charge in [0.2, 0.25) is 5.88 Å². The Bertz CT molecular complexity index is 1210. The first-order chi connectivity index (χ1) is 15.0. The molecule has 0 saturated heterocycles. The van der Waals surface area contributed by atoms with Crippen LogP contribution in [0.5, 0.6) is 11.6 Å². The Labute approximate surface area is 183 Å². The van der Waals surface area contributed by atoms with E-state index in [1.54, 1.807) is 13.3 Å². The monoisotopic (exact) mass is 434 g/mol. The quantitative estimate of drug-likeness (QED) is 0.454. The molecule has 7 nitrogen and oxygen atoms in total. The first kappa shape index (κ1) is 20.6. The highest BCUT2D eigenvalue weighted by Gasteiger charge is 2.19. The molecule has 0 unspecified atom stereocenters. The summed E-state index contributed by atoms with van der Waals surface area (Å²) in [4.78, 5) is 22.7. The number of hydrogen-bond donors (Lipinski definition) is 2. The van der Waals surface area contributed by atoms with Crippen LogP contribution in [0, 0.1) is 6.92 Å².